The number of hydrogen-bond donors (Lipinski definition) is 1. The van der Waals surface area contributed by atoms with E-state index in [2.05, 4.69) is 20.1 Å². The number of carbonyl (C=O) groups is 1. The van der Waals surface area contributed by atoms with Crippen molar-refractivity contribution in [2.45, 2.75) is 6.54 Å². The summed E-state index contributed by atoms with van der Waals surface area (Å²) >= 11 is 0. The van der Waals surface area contributed by atoms with E-state index in [0.29, 0.717) is 18.7 Å². The van der Waals surface area contributed by atoms with Crippen molar-refractivity contribution in [2.24, 2.45) is 5.10 Å². The molecule has 7 heteroatoms. The molecule has 0 aliphatic rings. The number of nitrogens with one attached hydrogen (secondary N) is 1. The monoisotopic (exact) mass is 414 g/mol. The highest BCUT2D eigenvalue weighted by molar-refractivity contribution is 6.00. The van der Waals surface area contributed by atoms with Crippen LogP contribution in [-0.2, 0) is 6.54 Å². The number of para-hydroxylation sites is 1. The molecule has 0 fully saturated rings. The van der Waals surface area contributed by atoms with E-state index in [0.717, 1.165) is 28.0 Å². The molecular formula is C24H22N4O3. The summed E-state index contributed by atoms with van der Waals surface area (Å²) in [5.41, 5.74) is 5.04. The second-order valence-corrected chi connectivity index (χ2v) is 6.76. The van der Waals surface area contributed by atoms with Gasteiger partial charge >= 0.3 is 0 Å². The van der Waals surface area contributed by atoms with Crippen LogP contribution in [0.1, 0.15) is 15.9 Å². The first-order valence-corrected chi connectivity index (χ1v) is 9.83. The Bertz CT molecular complexity index is 1200. The maximum Gasteiger partial charge on any atom is 0.271 e. The molecule has 0 saturated heterocycles. The molecule has 0 unspecified atom stereocenters. The molecule has 31 heavy (non-hydrogen) atoms. The fourth-order valence-electron chi connectivity index (χ4n) is 3.24. The molecule has 2 aromatic heterocycles. The SMILES string of the molecule is COc1cccc(OCCn2cc(C=NNC(=O)c3ccncc3)c3ccccc32)c1. The molecule has 156 valence electrons. The minimum atomic E-state index is -0.283. The van der Waals surface area contributed by atoms with Gasteiger partial charge in [-0.1, -0.05) is 24.3 Å². The summed E-state index contributed by atoms with van der Waals surface area (Å²) in [6, 6.07) is 18.9. The van der Waals surface area contributed by atoms with Crippen molar-refractivity contribution in [3.05, 3.63) is 90.4 Å². The van der Waals surface area contributed by atoms with Crippen LogP contribution in [0, 0.1) is 0 Å². The maximum absolute atomic E-state index is 12.1. The molecule has 0 radical (unpaired) electrons. The number of methoxy groups -OCH3 is 1. The number of aromatic nitrogens is 2. The van der Waals surface area contributed by atoms with Gasteiger partial charge in [0.2, 0.25) is 0 Å². The average molecular weight is 414 g/mol. The molecule has 4 rings (SSSR count). The van der Waals surface area contributed by atoms with Crippen molar-refractivity contribution in [2.75, 3.05) is 13.7 Å². The van der Waals surface area contributed by atoms with Crippen LogP contribution in [-0.4, -0.2) is 35.4 Å². The fraction of sp³-hybridized carbons (Fsp3) is 0.125. The van der Waals surface area contributed by atoms with Crippen molar-refractivity contribution < 1.29 is 14.3 Å². The Balaban J connectivity index is 1.44. The molecule has 2 heterocycles. The quantitative estimate of drug-likeness (QED) is 0.351. The lowest BCUT2D eigenvalue weighted by atomic mass is 10.2. The molecular weight excluding hydrogens is 392 g/mol. The van der Waals surface area contributed by atoms with Crippen molar-refractivity contribution in [1.29, 1.82) is 0 Å². The Kier molecular flexibility index (Phi) is 6.23. The molecule has 0 bridgehead atoms. The van der Waals surface area contributed by atoms with Crippen molar-refractivity contribution in [1.82, 2.24) is 15.0 Å². The van der Waals surface area contributed by atoms with Gasteiger partial charge in [-0.15, -0.1) is 0 Å². The van der Waals surface area contributed by atoms with Crippen LogP contribution in [0.5, 0.6) is 11.5 Å². The van der Waals surface area contributed by atoms with Crippen LogP contribution >= 0.6 is 0 Å². The largest absolute Gasteiger partial charge is 0.497 e. The number of fused-ring (bicyclic) bond motifs is 1. The lowest BCUT2D eigenvalue weighted by molar-refractivity contribution is 0.0955. The van der Waals surface area contributed by atoms with Gasteiger partial charge in [-0.25, -0.2) is 5.43 Å². The van der Waals surface area contributed by atoms with E-state index in [1.807, 2.05) is 54.7 Å². The second kappa shape index (κ2) is 9.58. The van der Waals surface area contributed by atoms with Crippen molar-refractivity contribution in [3.63, 3.8) is 0 Å². The number of pyridine rings is 1. The summed E-state index contributed by atoms with van der Waals surface area (Å²) in [7, 11) is 1.63. The Hall–Kier alpha value is -4.13. The van der Waals surface area contributed by atoms with E-state index in [1.165, 1.54) is 0 Å². The van der Waals surface area contributed by atoms with Gasteiger partial charge in [-0.3, -0.25) is 9.78 Å². The molecule has 0 atom stereocenters. The number of hydrogen-bond acceptors (Lipinski definition) is 5. The van der Waals surface area contributed by atoms with Crippen LogP contribution in [0.15, 0.2) is 84.4 Å². The number of nitrogens with zero attached hydrogens (tertiary/aromatic N) is 3. The molecule has 0 aliphatic carbocycles. The van der Waals surface area contributed by atoms with Crippen LogP contribution in [0.4, 0.5) is 0 Å². The smallest absolute Gasteiger partial charge is 0.271 e. The first-order chi connectivity index (χ1) is 15.2. The van der Waals surface area contributed by atoms with Crippen LogP contribution in [0.25, 0.3) is 10.9 Å². The molecule has 0 aliphatic heterocycles. The van der Waals surface area contributed by atoms with Crippen LogP contribution in [0.3, 0.4) is 0 Å². The first kappa shape index (κ1) is 20.2. The molecule has 7 nitrogen and oxygen atoms in total. The van der Waals surface area contributed by atoms with E-state index in [-0.39, 0.29) is 5.91 Å². The van der Waals surface area contributed by atoms with Gasteiger partial charge in [-0.05, 0) is 30.3 Å². The number of amides is 1. The summed E-state index contributed by atoms with van der Waals surface area (Å²) in [5.74, 6) is 1.24. The van der Waals surface area contributed by atoms with E-state index < -0.39 is 0 Å². The number of rotatable bonds is 8. The zero-order valence-electron chi connectivity index (χ0n) is 17.1. The van der Waals surface area contributed by atoms with Gasteiger partial charge in [0.1, 0.15) is 18.1 Å². The predicted molar refractivity (Wildman–Crippen MR) is 120 cm³/mol. The van der Waals surface area contributed by atoms with Crippen LogP contribution in [0.2, 0.25) is 0 Å². The highest BCUT2D eigenvalue weighted by Crippen LogP contribution is 2.21. The van der Waals surface area contributed by atoms with Gasteiger partial charge in [-0.2, -0.15) is 5.10 Å². The Labute approximate surface area is 179 Å². The van der Waals surface area contributed by atoms with Gasteiger partial charge in [0.15, 0.2) is 0 Å². The number of benzene rings is 2. The van der Waals surface area contributed by atoms with Gasteiger partial charge in [0.05, 0.1) is 19.9 Å². The summed E-state index contributed by atoms with van der Waals surface area (Å²) in [5, 5.41) is 5.17. The second-order valence-electron chi connectivity index (χ2n) is 6.76. The van der Waals surface area contributed by atoms with Gasteiger partial charge in [0.25, 0.3) is 5.91 Å². The van der Waals surface area contributed by atoms with E-state index in [4.69, 9.17) is 9.47 Å². The van der Waals surface area contributed by atoms with E-state index in [1.54, 1.807) is 37.9 Å². The van der Waals surface area contributed by atoms with Crippen molar-refractivity contribution >= 4 is 23.0 Å². The Morgan fingerprint density at radius 1 is 1.10 bits per heavy atom. The zero-order valence-corrected chi connectivity index (χ0v) is 17.1. The highest BCUT2D eigenvalue weighted by Gasteiger charge is 2.08. The first-order valence-electron chi connectivity index (χ1n) is 9.83. The molecule has 0 spiro atoms. The van der Waals surface area contributed by atoms with E-state index in [9.17, 15) is 4.79 Å². The molecule has 4 aromatic rings. The minimum absolute atomic E-state index is 0.283. The van der Waals surface area contributed by atoms with Crippen molar-refractivity contribution in [3.8, 4) is 11.5 Å². The van der Waals surface area contributed by atoms with Gasteiger partial charge in [0, 0.05) is 46.7 Å². The normalized spacial score (nSPS) is 11.0. The predicted octanol–water partition coefficient (Wildman–Crippen LogP) is 3.89. The Morgan fingerprint density at radius 3 is 2.74 bits per heavy atom. The topological polar surface area (TPSA) is 77.7 Å². The zero-order chi connectivity index (χ0) is 21.5. The number of ether oxygens (including phenoxy) is 2. The van der Waals surface area contributed by atoms with Gasteiger partial charge < -0.3 is 14.0 Å². The minimum Gasteiger partial charge on any atom is -0.497 e. The van der Waals surface area contributed by atoms with Crippen LogP contribution < -0.4 is 14.9 Å². The third kappa shape index (κ3) is 4.90. The standard InChI is InChI=1S/C24H22N4O3/c1-30-20-5-4-6-21(15-20)31-14-13-28-17-19(22-7-2-3-8-23(22)28)16-26-27-24(29)18-9-11-25-12-10-18/h2-12,15-17H,13-14H2,1H3,(H,27,29). The highest BCUT2D eigenvalue weighted by atomic mass is 16.5. The average Bonchev–Trinajstić information content (AvgIpc) is 3.17. The summed E-state index contributed by atoms with van der Waals surface area (Å²) in [6.07, 6.45) is 6.79. The Morgan fingerprint density at radius 2 is 1.90 bits per heavy atom. The molecule has 0 saturated carbocycles. The molecule has 2 aromatic carbocycles. The summed E-state index contributed by atoms with van der Waals surface area (Å²) in [6.45, 7) is 1.16. The molecule has 1 amide bonds. The lowest BCUT2D eigenvalue weighted by Crippen LogP contribution is -2.17. The summed E-state index contributed by atoms with van der Waals surface area (Å²) < 4.78 is 13.2. The third-order valence-corrected chi connectivity index (χ3v) is 4.77. The lowest BCUT2D eigenvalue weighted by Gasteiger charge is -2.09. The number of carbonyl (C=O) groups excluding carboxylic acids is 1. The maximum atomic E-state index is 12.1. The summed E-state index contributed by atoms with van der Waals surface area (Å²) in [4.78, 5) is 16.0. The molecule has 1 N–H and O–H groups in total. The fourth-order valence-corrected chi connectivity index (χ4v) is 3.24. The third-order valence-electron chi connectivity index (χ3n) is 4.77. The number of hydrazone groups is 1. The van der Waals surface area contributed by atoms with E-state index >= 15 is 0 Å².